The van der Waals surface area contributed by atoms with Crippen LogP contribution in [0, 0.1) is 11.8 Å². The minimum absolute atomic E-state index is 0.0319. The maximum Gasteiger partial charge on any atom is 0.270 e. The van der Waals surface area contributed by atoms with Gasteiger partial charge in [0.2, 0.25) is 5.91 Å². The Morgan fingerprint density at radius 1 is 1.10 bits per heavy atom. The van der Waals surface area contributed by atoms with Crippen LogP contribution in [-0.4, -0.2) is 66.5 Å². The predicted molar refractivity (Wildman–Crippen MR) is 108 cm³/mol. The first-order chi connectivity index (χ1) is 14.1. The Kier molecular flexibility index (Phi) is 4.41. The highest BCUT2D eigenvalue weighted by Crippen LogP contribution is 2.38. The number of rotatable bonds is 3. The molecule has 3 aliphatic rings. The van der Waals surface area contributed by atoms with Gasteiger partial charge in [-0.1, -0.05) is 0 Å². The summed E-state index contributed by atoms with van der Waals surface area (Å²) in [5, 5.41) is 0.923. The third kappa shape index (κ3) is 3.03. The van der Waals surface area contributed by atoms with Gasteiger partial charge in [0.25, 0.3) is 5.91 Å². The predicted octanol–water partition coefficient (Wildman–Crippen LogP) is 2.66. The van der Waals surface area contributed by atoms with Crippen LogP contribution in [0.5, 0.6) is 11.5 Å². The van der Waals surface area contributed by atoms with E-state index in [2.05, 4.69) is 9.88 Å². The van der Waals surface area contributed by atoms with E-state index in [4.69, 9.17) is 9.47 Å². The summed E-state index contributed by atoms with van der Waals surface area (Å²) < 4.78 is 10.7. The molecule has 2 aromatic rings. The summed E-state index contributed by atoms with van der Waals surface area (Å²) in [7, 11) is 3.21. The zero-order valence-corrected chi connectivity index (χ0v) is 16.9. The topological polar surface area (TPSA) is 74.9 Å². The van der Waals surface area contributed by atoms with Crippen LogP contribution in [0.1, 0.15) is 36.2 Å². The number of amides is 2. The number of nitrogens with zero attached hydrogens (tertiary/aromatic N) is 2. The van der Waals surface area contributed by atoms with E-state index in [-0.39, 0.29) is 5.91 Å². The number of hydrogen-bond donors (Lipinski definition) is 1. The fourth-order valence-corrected chi connectivity index (χ4v) is 5.52. The standard InChI is InChI=1S/C22H27N3O4/c1-28-19-8-14-7-17(23-16(14)9-20(19)29-2)22(27)24-10-13-6-15(12-24)18-4-3-5-21(26)25(18)11-13/h7-9,13,15,18,23H,3-6,10-12H2,1-2H3/t13-,15+,18-/m1/s1. The van der Waals surface area contributed by atoms with Crippen LogP contribution in [-0.2, 0) is 4.79 Å². The highest BCUT2D eigenvalue weighted by atomic mass is 16.5. The number of H-pyrrole nitrogens is 1. The molecule has 0 spiro atoms. The molecule has 1 aromatic heterocycles. The Morgan fingerprint density at radius 2 is 1.90 bits per heavy atom. The third-order valence-corrected chi connectivity index (χ3v) is 6.82. The zero-order valence-electron chi connectivity index (χ0n) is 16.9. The highest BCUT2D eigenvalue weighted by molar-refractivity contribution is 5.98. The Bertz CT molecular complexity index is 927. The van der Waals surface area contributed by atoms with Crippen molar-refractivity contribution < 1.29 is 19.1 Å². The fourth-order valence-electron chi connectivity index (χ4n) is 5.52. The van der Waals surface area contributed by atoms with Gasteiger partial charge >= 0.3 is 0 Å². The molecule has 2 amide bonds. The van der Waals surface area contributed by atoms with Crippen LogP contribution < -0.4 is 9.47 Å². The quantitative estimate of drug-likeness (QED) is 0.864. The van der Waals surface area contributed by atoms with Crippen molar-refractivity contribution in [1.82, 2.24) is 14.8 Å². The first-order valence-corrected chi connectivity index (χ1v) is 10.4. The average molecular weight is 397 g/mol. The molecular formula is C22H27N3O4. The molecule has 2 bridgehead atoms. The lowest BCUT2D eigenvalue weighted by Gasteiger charge is -2.52. The van der Waals surface area contributed by atoms with Crippen LogP contribution in [0.3, 0.4) is 0 Å². The summed E-state index contributed by atoms with van der Waals surface area (Å²) in [5.41, 5.74) is 1.44. The van der Waals surface area contributed by atoms with Crippen LogP contribution in [0.2, 0.25) is 0 Å². The minimum Gasteiger partial charge on any atom is -0.493 e. The SMILES string of the molecule is COc1cc2cc(C(=O)N3C[C@H]4C[C@@H](C3)[C@H]3CCCC(=O)N3C4)[nH]c2cc1OC. The number of likely N-dealkylation sites (tertiary alicyclic amines) is 1. The van der Waals surface area contributed by atoms with E-state index < -0.39 is 0 Å². The molecule has 3 fully saturated rings. The van der Waals surface area contributed by atoms with Gasteiger partial charge in [-0.2, -0.15) is 0 Å². The second kappa shape index (κ2) is 6.97. The number of carbonyl (C=O) groups is 2. The summed E-state index contributed by atoms with van der Waals surface area (Å²) in [6, 6.07) is 5.94. The molecule has 7 heteroatoms. The van der Waals surface area contributed by atoms with Gasteiger partial charge in [0.05, 0.1) is 14.2 Å². The van der Waals surface area contributed by atoms with Crippen LogP contribution in [0.15, 0.2) is 18.2 Å². The lowest BCUT2D eigenvalue weighted by Crippen LogP contribution is -2.61. The second-order valence-electron chi connectivity index (χ2n) is 8.56. The lowest BCUT2D eigenvalue weighted by molar-refractivity contribution is -0.144. The molecule has 0 radical (unpaired) electrons. The molecule has 0 aliphatic carbocycles. The summed E-state index contributed by atoms with van der Waals surface area (Å²) in [6.07, 6.45) is 3.85. The summed E-state index contributed by atoms with van der Waals surface area (Å²) in [5.74, 6) is 2.38. The molecule has 1 N–H and O–H groups in total. The molecule has 1 aromatic carbocycles. The first-order valence-electron chi connectivity index (χ1n) is 10.4. The van der Waals surface area contributed by atoms with Crippen molar-refractivity contribution in [2.45, 2.75) is 31.7 Å². The van der Waals surface area contributed by atoms with Gasteiger partial charge in [-0.25, -0.2) is 0 Å². The van der Waals surface area contributed by atoms with Crippen molar-refractivity contribution in [3.05, 3.63) is 23.9 Å². The number of benzene rings is 1. The minimum atomic E-state index is 0.0319. The van der Waals surface area contributed by atoms with Crippen LogP contribution in [0.25, 0.3) is 10.9 Å². The van der Waals surface area contributed by atoms with Crippen molar-refractivity contribution in [3.8, 4) is 11.5 Å². The number of hydrogen-bond acceptors (Lipinski definition) is 4. The maximum atomic E-state index is 13.3. The molecule has 154 valence electrons. The molecule has 4 heterocycles. The Balaban J connectivity index is 1.39. The molecule has 3 atom stereocenters. The number of ether oxygens (including phenoxy) is 2. The van der Waals surface area contributed by atoms with Crippen LogP contribution in [0.4, 0.5) is 0 Å². The van der Waals surface area contributed by atoms with Crippen molar-refractivity contribution in [2.75, 3.05) is 33.9 Å². The van der Waals surface area contributed by atoms with Gasteiger partial charge in [0.1, 0.15) is 5.69 Å². The highest BCUT2D eigenvalue weighted by Gasteiger charge is 2.45. The van der Waals surface area contributed by atoms with E-state index in [1.807, 2.05) is 23.1 Å². The maximum absolute atomic E-state index is 13.3. The number of piperidine rings is 3. The zero-order chi connectivity index (χ0) is 20.1. The van der Waals surface area contributed by atoms with Crippen molar-refractivity contribution in [2.24, 2.45) is 11.8 Å². The van der Waals surface area contributed by atoms with Gasteiger partial charge in [-0.05, 0) is 43.2 Å². The van der Waals surface area contributed by atoms with Gasteiger partial charge in [0, 0.05) is 49.1 Å². The van der Waals surface area contributed by atoms with Crippen LogP contribution >= 0.6 is 0 Å². The van der Waals surface area contributed by atoms with Gasteiger partial charge in [-0.15, -0.1) is 0 Å². The van der Waals surface area contributed by atoms with E-state index >= 15 is 0 Å². The molecule has 0 saturated carbocycles. The Labute approximate surface area is 169 Å². The lowest BCUT2D eigenvalue weighted by atomic mass is 9.76. The first kappa shape index (κ1) is 18.3. The smallest absolute Gasteiger partial charge is 0.270 e. The summed E-state index contributed by atoms with van der Waals surface area (Å²) in [6.45, 7) is 2.24. The third-order valence-electron chi connectivity index (χ3n) is 6.82. The average Bonchev–Trinajstić information content (AvgIpc) is 3.15. The Hall–Kier alpha value is -2.70. The number of nitrogens with one attached hydrogen (secondary N) is 1. The van der Waals surface area contributed by atoms with Gasteiger partial charge in [0.15, 0.2) is 11.5 Å². The number of fused-ring (bicyclic) bond motifs is 5. The molecule has 3 aliphatic heterocycles. The number of aromatic nitrogens is 1. The summed E-state index contributed by atoms with van der Waals surface area (Å²) >= 11 is 0. The second-order valence-corrected chi connectivity index (χ2v) is 8.56. The van der Waals surface area contributed by atoms with Gasteiger partial charge < -0.3 is 24.3 Å². The van der Waals surface area contributed by atoms with E-state index in [9.17, 15) is 9.59 Å². The van der Waals surface area contributed by atoms with E-state index in [0.717, 1.165) is 43.3 Å². The van der Waals surface area contributed by atoms with Crippen molar-refractivity contribution in [1.29, 1.82) is 0 Å². The monoisotopic (exact) mass is 397 g/mol. The van der Waals surface area contributed by atoms with Crippen molar-refractivity contribution >= 4 is 22.7 Å². The number of carbonyl (C=O) groups excluding carboxylic acids is 2. The number of aromatic amines is 1. The van der Waals surface area contributed by atoms with Gasteiger partial charge in [-0.3, -0.25) is 9.59 Å². The van der Waals surface area contributed by atoms with Crippen molar-refractivity contribution in [3.63, 3.8) is 0 Å². The molecule has 0 unspecified atom stereocenters. The molecule has 5 rings (SSSR count). The Morgan fingerprint density at radius 3 is 2.69 bits per heavy atom. The largest absolute Gasteiger partial charge is 0.493 e. The molecular weight excluding hydrogens is 370 g/mol. The van der Waals surface area contributed by atoms with E-state index in [1.54, 1.807) is 14.2 Å². The normalized spacial score (nSPS) is 26.4. The number of methoxy groups -OCH3 is 2. The fraction of sp³-hybridized carbons (Fsp3) is 0.545. The molecule has 7 nitrogen and oxygen atoms in total. The summed E-state index contributed by atoms with van der Waals surface area (Å²) in [4.78, 5) is 32.9. The molecule has 3 saturated heterocycles. The van der Waals surface area contributed by atoms with E-state index in [0.29, 0.717) is 53.9 Å². The van der Waals surface area contributed by atoms with E-state index in [1.165, 1.54) is 0 Å². The molecule has 29 heavy (non-hydrogen) atoms.